The van der Waals surface area contributed by atoms with Crippen LogP contribution in [-0.2, 0) is 9.59 Å². The van der Waals surface area contributed by atoms with Crippen LogP contribution in [0.15, 0.2) is 57.3 Å². The molecule has 0 saturated heterocycles. The molecule has 1 amide bonds. The van der Waals surface area contributed by atoms with Crippen LogP contribution < -0.4 is 16.0 Å². The van der Waals surface area contributed by atoms with Crippen LogP contribution in [0.4, 0.5) is 19.6 Å². The number of allylic oxidation sites excluding steroid dienone is 3. The van der Waals surface area contributed by atoms with Gasteiger partial charge in [-0.25, -0.2) is 8.78 Å². The Morgan fingerprint density at radius 2 is 2.08 bits per heavy atom. The van der Waals surface area contributed by atoms with E-state index in [-0.39, 0.29) is 28.6 Å². The second kappa shape index (κ2) is 10.6. The minimum absolute atomic E-state index is 0.0173. The van der Waals surface area contributed by atoms with E-state index < -0.39 is 23.5 Å². The predicted octanol–water partition coefficient (Wildman–Crippen LogP) is 5.22. The van der Waals surface area contributed by atoms with Gasteiger partial charge >= 0.3 is 0 Å². The third-order valence-corrected chi connectivity index (χ3v) is 9.19. The molecule has 1 aromatic carbocycles. The van der Waals surface area contributed by atoms with E-state index in [1.807, 2.05) is 19.1 Å². The number of nitrogens with zero attached hydrogens (tertiary/aromatic N) is 4. The second-order valence-corrected chi connectivity index (χ2v) is 12.1. The largest absolute Gasteiger partial charge is 0.384 e. The summed E-state index contributed by atoms with van der Waals surface area (Å²) in [5, 5.41) is 21.2. The molecule has 0 bridgehead atoms. The normalized spacial score (nSPS) is 17.5. The SMILES string of the molecule is Cc1ccc(C2C(C#N)=C(N)N(c3nnc(SCC(=O)Nc4ccc(F)cc4F)s3)C3=C2C(=O)CCC3)s1. The number of hydrogen-bond donors (Lipinski definition) is 2. The first-order valence-corrected chi connectivity index (χ1v) is 14.1. The molecule has 1 aliphatic heterocycles. The number of amides is 1. The number of aryl methyl sites for hydroxylation is 1. The van der Waals surface area contributed by atoms with Crippen molar-refractivity contribution in [2.75, 3.05) is 16.0 Å². The minimum Gasteiger partial charge on any atom is -0.384 e. The molecule has 1 aliphatic carbocycles. The van der Waals surface area contributed by atoms with E-state index in [9.17, 15) is 23.6 Å². The highest BCUT2D eigenvalue weighted by atomic mass is 32.2. The van der Waals surface area contributed by atoms with Gasteiger partial charge < -0.3 is 11.1 Å². The molecule has 0 saturated carbocycles. The van der Waals surface area contributed by atoms with Crippen LogP contribution in [-0.4, -0.2) is 27.6 Å². The van der Waals surface area contributed by atoms with Gasteiger partial charge in [-0.15, -0.1) is 21.5 Å². The third kappa shape index (κ3) is 4.94. The molecule has 0 fully saturated rings. The van der Waals surface area contributed by atoms with Gasteiger partial charge in [-0.2, -0.15) is 5.26 Å². The number of carbonyl (C=O) groups excluding carboxylic acids is 2. The van der Waals surface area contributed by atoms with E-state index in [0.29, 0.717) is 46.1 Å². The smallest absolute Gasteiger partial charge is 0.234 e. The maximum Gasteiger partial charge on any atom is 0.234 e. The van der Waals surface area contributed by atoms with Gasteiger partial charge in [-0.3, -0.25) is 14.5 Å². The number of thioether (sulfide) groups is 1. The van der Waals surface area contributed by atoms with Gasteiger partial charge in [0.1, 0.15) is 17.5 Å². The van der Waals surface area contributed by atoms with Crippen LogP contribution in [0.5, 0.6) is 0 Å². The van der Waals surface area contributed by atoms with Crippen LogP contribution >= 0.6 is 34.4 Å². The van der Waals surface area contributed by atoms with Crippen molar-refractivity contribution >= 4 is 56.9 Å². The Hall–Kier alpha value is -3.60. The van der Waals surface area contributed by atoms with Crippen LogP contribution in [0, 0.1) is 29.9 Å². The van der Waals surface area contributed by atoms with E-state index in [0.717, 1.165) is 45.0 Å². The number of Topliss-reactive ketones (excluding diaryl/α,β-unsaturated/α-hetero) is 1. The number of aromatic nitrogens is 2. The average molecular weight is 571 g/mol. The van der Waals surface area contributed by atoms with Crippen molar-refractivity contribution in [3.05, 3.63) is 74.4 Å². The van der Waals surface area contributed by atoms with Crippen molar-refractivity contribution in [1.82, 2.24) is 10.2 Å². The number of rotatable bonds is 6. The zero-order valence-electron chi connectivity index (χ0n) is 20.0. The van der Waals surface area contributed by atoms with Gasteiger partial charge in [0, 0.05) is 33.5 Å². The lowest BCUT2D eigenvalue weighted by atomic mass is 9.78. The fourth-order valence-corrected chi connectivity index (χ4v) is 7.13. The van der Waals surface area contributed by atoms with Crippen molar-refractivity contribution in [2.45, 2.75) is 36.4 Å². The lowest BCUT2D eigenvalue weighted by Gasteiger charge is -2.37. The summed E-state index contributed by atoms with van der Waals surface area (Å²) in [4.78, 5) is 29.1. The van der Waals surface area contributed by atoms with Crippen molar-refractivity contribution in [2.24, 2.45) is 5.73 Å². The molecule has 2 aromatic heterocycles. The number of nitriles is 1. The van der Waals surface area contributed by atoms with E-state index in [1.165, 1.54) is 11.3 Å². The number of nitrogens with two attached hydrogens (primary N) is 1. The highest BCUT2D eigenvalue weighted by molar-refractivity contribution is 8.01. The number of nitrogens with one attached hydrogen (secondary N) is 1. The summed E-state index contributed by atoms with van der Waals surface area (Å²) in [6.07, 6.45) is 1.64. The van der Waals surface area contributed by atoms with E-state index in [1.54, 1.807) is 4.90 Å². The lowest BCUT2D eigenvalue weighted by molar-refractivity contribution is -0.116. The summed E-state index contributed by atoms with van der Waals surface area (Å²) in [7, 11) is 0. The number of carbonyl (C=O) groups is 2. The number of ketones is 1. The molecule has 38 heavy (non-hydrogen) atoms. The maximum atomic E-state index is 13.8. The van der Waals surface area contributed by atoms with Gasteiger partial charge in [0.25, 0.3) is 0 Å². The van der Waals surface area contributed by atoms with Crippen molar-refractivity contribution in [3.63, 3.8) is 0 Å². The average Bonchev–Trinajstić information content (AvgIpc) is 3.53. The Morgan fingerprint density at radius 3 is 2.79 bits per heavy atom. The maximum absolute atomic E-state index is 13.8. The molecule has 0 radical (unpaired) electrons. The first-order valence-electron chi connectivity index (χ1n) is 11.5. The molecule has 0 spiro atoms. The molecule has 8 nitrogen and oxygen atoms in total. The van der Waals surface area contributed by atoms with Gasteiger partial charge in [-0.05, 0) is 44.0 Å². The van der Waals surface area contributed by atoms with Crippen molar-refractivity contribution in [1.29, 1.82) is 5.26 Å². The molecule has 3 N–H and O–H groups in total. The zero-order valence-corrected chi connectivity index (χ0v) is 22.4. The summed E-state index contributed by atoms with van der Waals surface area (Å²) in [5.41, 5.74) is 7.98. The van der Waals surface area contributed by atoms with Crippen LogP contribution in [0.3, 0.4) is 0 Å². The van der Waals surface area contributed by atoms with Crippen LogP contribution in [0.25, 0.3) is 0 Å². The predicted molar refractivity (Wildman–Crippen MR) is 143 cm³/mol. The topological polar surface area (TPSA) is 125 Å². The van der Waals surface area contributed by atoms with Gasteiger partial charge in [0.05, 0.1) is 29.0 Å². The number of halogens is 2. The monoisotopic (exact) mass is 570 g/mol. The summed E-state index contributed by atoms with van der Waals surface area (Å²) in [6, 6.07) is 9.00. The third-order valence-electron chi connectivity index (χ3n) is 6.08. The number of anilines is 2. The summed E-state index contributed by atoms with van der Waals surface area (Å²) >= 11 is 3.78. The molecule has 1 atom stereocenters. The summed E-state index contributed by atoms with van der Waals surface area (Å²) in [5.74, 6) is -2.54. The van der Waals surface area contributed by atoms with Crippen molar-refractivity contribution < 1.29 is 18.4 Å². The van der Waals surface area contributed by atoms with Gasteiger partial charge in [0.2, 0.25) is 11.0 Å². The van der Waals surface area contributed by atoms with Gasteiger partial charge in [0.15, 0.2) is 10.1 Å². The lowest BCUT2D eigenvalue weighted by Crippen LogP contribution is -2.38. The first kappa shape index (κ1) is 26.0. The van der Waals surface area contributed by atoms with Gasteiger partial charge in [-0.1, -0.05) is 23.1 Å². The van der Waals surface area contributed by atoms with Crippen LogP contribution in [0.2, 0.25) is 0 Å². The minimum atomic E-state index is -0.871. The fourth-order valence-electron chi connectivity index (χ4n) is 4.45. The highest BCUT2D eigenvalue weighted by Gasteiger charge is 2.41. The Labute approximate surface area is 228 Å². The van der Waals surface area contributed by atoms with E-state index >= 15 is 0 Å². The molecular weight excluding hydrogens is 551 g/mol. The Morgan fingerprint density at radius 1 is 1.26 bits per heavy atom. The Bertz CT molecular complexity index is 1550. The molecule has 13 heteroatoms. The first-order chi connectivity index (χ1) is 18.3. The van der Waals surface area contributed by atoms with Crippen molar-refractivity contribution in [3.8, 4) is 6.07 Å². The molecule has 1 unspecified atom stereocenters. The molecular formula is C25H20F2N6O2S3. The Balaban J connectivity index is 1.40. The number of benzene rings is 1. The summed E-state index contributed by atoms with van der Waals surface area (Å²) in [6.45, 7) is 1.97. The standard InChI is InChI=1S/C25H20F2N6O2S3/c1-12-5-8-19(37-12)21-14(10-28)23(29)33(17-3-2-4-18(34)22(17)21)24-31-32-25(38-24)36-11-20(35)30-16-7-6-13(26)9-15(16)27/h5-9,21H,2-4,11,29H2,1H3,(H,30,35). The molecule has 194 valence electrons. The molecule has 5 rings (SSSR count). The second-order valence-electron chi connectivity index (χ2n) is 8.58. The van der Waals surface area contributed by atoms with E-state index in [4.69, 9.17) is 5.73 Å². The summed E-state index contributed by atoms with van der Waals surface area (Å²) < 4.78 is 27.4. The number of hydrogen-bond acceptors (Lipinski definition) is 10. The fraction of sp³-hybridized carbons (Fsp3) is 0.240. The van der Waals surface area contributed by atoms with E-state index in [2.05, 4.69) is 21.6 Å². The zero-order chi connectivity index (χ0) is 27.0. The number of thiophene rings is 1. The molecule has 3 aromatic rings. The highest BCUT2D eigenvalue weighted by Crippen LogP contribution is 2.48. The Kier molecular flexibility index (Phi) is 7.29. The molecule has 3 heterocycles. The quantitative estimate of drug-likeness (QED) is 0.387. The molecule has 2 aliphatic rings. The van der Waals surface area contributed by atoms with Crippen LogP contribution in [0.1, 0.15) is 34.9 Å².